The Labute approximate surface area is 125 Å². The fraction of sp³-hybridized carbons (Fsp3) is 0.357. The van der Waals surface area contributed by atoms with Gasteiger partial charge in [0, 0.05) is 6.54 Å². The minimum atomic E-state index is -2.65. The zero-order valence-electron chi connectivity index (χ0n) is 12.3. The zero-order valence-corrected chi connectivity index (χ0v) is 13.1. The second-order valence-corrected chi connectivity index (χ2v) is 6.70. The summed E-state index contributed by atoms with van der Waals surface area (Å²) in [6.07, 6.45) is 2.15. The smallest absolute Gasteiger partial charge is 0.224 e. The van der Waals surface area contributed by atoms with Crippen molar-refractivity contribution in [2.45, 2.75) is 20.3 Å². The van der Waals surface area contributed by atoms with E-state index in [1.54, 1.807) is 0 Å². The standard InChI is InChI=1S/C14H20N4O2S/c1-10-7-12-13(8-11(10)2)16-9-17-14(12)20-6-4-5-18-21(3,15)19/h7-9H,3-6H2,1-2H3,(H3,15,18,19). The van der Waals surface area contributed by atoms with E-state index in [1.807, 2.05) is 26.0 Å². The lowest BCUT2D eigenvalue weighted by Crippen LogP contribution is -2.31. The summed E-state index contributed by atoms with van der Waals surface area (Å²) in [5, 5.41) is 6.17. The molecule has 1 heterocycles. The molecule has 0 spiro atoms. The van der Waals surface area contributed by atoms with E-state index in [0.717, 1.165) is 10.9 Å². The Morgan fingerprint density at radius 3 is 2.76 bits per heavy atom. The molecule has 1 aromatic heterocycles. The third kappa shape index (κ3) is 4.38. The molecular formula is C14H20N4O2S. The molecule has 0 bridgehead atoms. The van der Waals surface area contributed by atoms with E-state index >= 15 is 0 Å². The molecule has 2 rings (SSSR count). The Hall–Kier alpha value is -1.70. The number of hydrogen-bond acceptors (Lipinski definition) is 4. The molecule has 7 heteroatoms. The summed E-state index contributed by atoms with van der Waals surface area (Å²) in [6.45, 7) is 5.01. The average molecular weight is 308 g/mol. The van der Waals surface area contributed by atoms with Crippen molar-refractivity contribution in [3.63, 3.8) is 0 Å². The predicted octanol–water partition coefficient (Wildman–Crippen LogP) is 1.11. The van der Waals surface area contributed by atoms with Crippen LogP contribution in [-0.4, -0.2) is 33.2 Å². The SMILES string of the molecule is C=S(N)(=O)NCCCOc1ncnc2cc(C)c(C)cc12. The van der Waals surface area contributed by atoms with Crippen LogP contribution >= 0.6 is 0 Å². The molecule has 21 heavy (non-hydrogen) atoms. The maximum atomic E-state index is 11.2. The van der Waals surface area contributed by atoms with Gasteiger partial charge in [0.25, 0.3) is 0 Å². The van der Waals surface area contributed by atoms with Gasteiger partial charge in [-0.25, -0.2) is 24.0 Å². The van der Waals surface area contributed by atoms with Crippen LogP contribution in [0.4, 0.5) is 0 Å². The monoisotopic (exact) mass is 308 g/mol. The van der Waals surface area contributed by atoms with Gasteiger partial charge in [-0.15, -0.1) is 0 Å². The number of nitrogens with one attached hydrogen (secondary N) is 1. The number of aryl methyl sites for hydroxylation is 2. The molecule has 1 aromatic carbocycles. The largest absolute Gasteiger partial charge is 0.477 e. The number of ether oxygens (including phenoxy) is 1. The van der Waals surface area contributed by atoms with Crippen LogP contribution in [0.25, 0.3) is 10.9 Å². The summed E-state index contributed by atoms with van der Waals surface area (Å²) >= 11 is 0. The number of nitrogens with zero attached hydrogens (tertiary/aromatic N) is 2. The van der Waals surface area contributed by atoms with Crippen molar-refractivity contribution in [2.75, 3.05) is 13.2 Å². The average Bonchev–Trinajstić information content (AvgIpc) is 2.39. The Balaban J connectivity index is 2.04. The van der Waals surface area contributed by atoms with Crippen molar-refractivity contribution in [3.05, 3.63) is 29.6 Å². The maximum Gasteiger partial charge on any atom is 0.224 e. The quantitative estimate of drug-likeness (QED) is 0.618. The van der Waals surface area contributed by atoms with Crippen molar-refractivity contribution in [2.24, 2.45) is 5.14 Å². The number of hydrogen-bond donors (Lipinski definition) is 2. The Morgan fingerprint density at radius 1 is 1.33 bits per heavy atom. The molecule has 1 atom stereocenters. The van der Waals surface area contributed by atoms with E-state index in [4.69, 9.17) is 9.88 Å². The molecule has 3 N–H and O–H groups in total. The molecule has 1 unspecified atom stereocenters. The van der Waals surface area contributed by atoms with E-state index < -0.39 is 9.89 Å². The van der Waals surface area contributed by atoms with Crippen molar-refractivity contribution in [1.29, 1.82) is 0 Å². The summed E-state index contributed by atoms with van der Waals surface area (Å²) in [7, 11) is -2.65. The van der Waals surface area contributed by atoms with Gasteiger partial charge in [-0.2, -0.15) is 0 Å². The minimum Gasteiger partial charge on any atom is -0.477 e. The van der Waals surface area contributed by atoms with Crippen molar-refractivity contribution in [1.82, 2.24) is 14.7 Å². The predicted molar refractivity (Wildman–Crippen MR) is 86.6 cm³/mol. The van der Waals surface area contributed by atoms with Crippen LogP contribution in [0, 0.1) is 13.8 Å². The first kappa shape index (κ1) is 15.7. The second kappa shape index (κ2) is 6.38. The number of rotatable bonds is 6. The molecule has 0 aliphatic heterocycles. The summed E-state index contributed by atoms with van der Waals surface area (Å²) in [5.41, 5.74) is 3.22. The third-order valence-electron chi connectivity index (χ3n) is 3.12. The molecule has 0 amide bonds. The lowest BCUT2D eigenvalue weighted by molar-refractivity contribution is 0.303. The van der Waals surface area contributed by atoms with E-state index in [-0.39, 0.29) is 0 Å². The maximum absolute atomic E-state index is 11.2. The number of nitrogens with two attached hydrogens (primary N) is 1. The van der Waals surface area contributed by atoms with Crippen LogP contribution in [0.3, 0.4) is 0 Å². The van der Waals surface area contributed by atoms with Crippen LogP contribution in [0.15, 0.2) is 18.5 Å². The third-order valence-corrected chi connectivity index (χ3v) is 3.81. The molecular weight excluding hydrogens is 288 g/mol. The first-order chi connectivity index (χ1) is 9.87. The topological polar surface area (TPSA) is 90.1 Å². The first-order valence-electron chi connectivity index (χ1n) is 6.61. The van der Waals surface area contributed by atoms with E-state index in [2.05, 4.69) is 20.6 Å². The Kier molecular flexibility index (Phi) is 4.76. The van der Waals surface area contributed by atoms with Gasteiger partial charge < -0.3 is 4.74 Å². The highest BCUT2D eigenvalue weighted by Gasteiger charge is 2.07. The van der Waals surface area contributed by atoms with Gasteiger partial charge in [0.05, 0.1) is 27.4 Å². The van der Waals surface area contributed by atoms with Gasteiger partial charge in [-0.05, 0) is 49.4 Å². The lowest BCUT2D eigenvalue weighted by Gasteiger charge is -2.10. The number of fused-ring (bicyclic) bond motifs is 1. The normalized spacial score (nSPS) is 14.0. The summed E-state index contributed by atoms with van der Waals surface area (Å²) in [5.74, 6) is 3.88. The van der Waals surface area contributed by atoms with Crippen molar-refractivity contribution in [3.8, 4) is 5.88 Å². The second-order valence-electron chi connectivity index (χ2n) is 4.96. The van der Waals surface area contributed by atoms with Gasteiger partial charge >= 0.3 is 0 Å². The van der Waals surface area contributed by atoms with Crippen LogP contribution in [-0.2, 0) is 9.89 Å². The molecule has 6 nitrogen and oxygen atoms in total. The van der Waals surface area contributed by atoms with E-state index in [1.165, 1.54) is 17.5 Å². The van der Waals surface area contributed by atoms with Crippen molar-refractivity contribution < 1.29 is 8.95 Å². The highest BCUT2D eigenvalue weighted by molar-refractivity contribution is 7.96. The molecule has 114 valence electrons. The Morgan fingerprint density at radius 2 is 2.05 bits per heavy atom. The fourth-order valence-corrected chi connectivity index (χ4v) is 2.38. The van der Waals surface area contributed by atoms with Crippen molar-refractivity contribution >= 4 is 26.7 Å². The van der Waals surface area contributed by atoms with Gasteiger partial charge in [0.2, 0.25) is 5.88 Å². The number of benzene rings is 1. The molecule has 0 saturated heterocycles. The molecule has 0 saturated carbocycles. The zero-order chi connectivity index (χ0) is 15.5. The lowest BCUT2D eigenvalue weighted by atomic mass is 10.1. The van der Waals surface area contributed by atoms with Gasteiger partial charge in [0.15, 0.2) is 0 Å². The van der Waals surface area contributed by atoms with Crippen LogP contribution in [0.2, 0.25) is 0 Å². The summed E-state index contributed by atoms with van der Waals surface area (Å²) < 4.78 is 19.5. The highest BCUT2D eigenvalue weighted by atomic mass is 32.2. The van der Waals surface area contributed by atoms with Crippen LogP contribution in [0.5, 0.6) is 5.88 Å². The van der Waals surface area contributed by atoms with Gasteiger partial charge in [-0.3, -0.25) is 0 Å². The fourth-order valence-electron chi connectivity index (χ4n) is 1.89. The molecule has 0 fully saturated rings. The summed E-state index contributed by atoms with van der Waals surface area (Å²) in [4.78, 5) is 8.43. The number of aromatic nitrogens is 2. The molecule has 0 aliphatic rings. The first-order valence-corrected chi connectivity index (χ1v) is 8.40. The highest BCUT2D eigenvalue weighted by Crippen LogP contribution is 2.24. The molecule has 0 aliphatic carbocycles. The Bertz CT molecular complexity index is 744. The van der Waals surface area contributed by atoms with Crippen LogP contribution < -0.4 is 14.6 Å². The summed E-state index contributed by atoms with van der Waals surface area (Å²) in [6, 6.07) is 4.05. The van der Waals surface area contributed by atoms with E-state index in [0.29, 0.717) is 25.5 Å². The van der Waals surface area contributed by atoms with E-state index in [9.17, 15) is 4.21 Å². The van der Waals surface area contributed by atoms with Crippen LogP contribution in [0.1, 0.15) is 17.5 Å². The van der Waals surface area contributed by atoms with Gasteiger partial charge in [-0.1, -0.05) is 0 Å². The molecule has 0 radical (unpaired) electrons. The van der Waals surface area contributed by atoms with Gasteiger partial charge in [0.1, 0.15) is 6.33 Å². The molecule has 2 aromatic rings. The minimum absolute atomic E-state index is 0.446.